The van der Waals surface area contributed by atoms with Crippen LogP contribution in [-0.2, 0) is 19.2 Å². The van der Waals surface area contributed by atoms with Gasteiger partial charge in [0.1, 0.15) is 0 Å². The van der Waals surface area contributed by atoms with Crippen LogP contribution < -0.4 is 4.74 Å². The summed E-state index contributed by atoms with van der Waals surface area (Å²) in [7, 11) is 1.40. The molecule has 1 aliphatic heterocycles. The Morgan fingerprint density at radius 2 is 1.81 bits per heavy atom. The van der Waals surface area contributed by atoms with E-state index in [1.807, 2.05) is 26.8 Å². The van der Waals surface area contributed by atoms with Crippen LogP contribution >= 0.6 is 27.5 Å². The van der Waals surface area contributed by atoms with Crippen molar-refractivity contribution in [3.63, 3.8) is 0 Å². The van der Waals surface area contributed by atoms with Crippen molar-refractivity contribution in [3.05, 3.63) is 56.1 Å². The fraction of sp³-hybridized carbons (Fsp3) is 0.407. The Labute approximate surface area is 221 Å². The Kier molecular flexibility index (Phi) is 5.84. The first-order valence-electron chi connectivity index (χ1n) is 11.7. The lowest BCUT2D eigenvalue weighted by atomic mass is 9.59. The van der Waals surface area contributed by atoms with Gasteiger partial charge in [0.2, 0.25) is 11.8 Å². The van der Waals surface area contributed by atoms with Crippen molar-refractivity contribution in [2.75, 3.05) is 7.11 Å². The Morgan fingerprint density at radius 1 is 1.11 bits per heavy atom. The summed E-state index contributed by atoms with van der Waals surface area (Å²) in [5.74, 6) is -3.42. The summed E-state index contributed by atoms with van der Waals surface area (Å²) in [6, 6.07) is 3.15. The molecule has 5 rings (SSSR count). The van der Waals surface area contributed by atoms with Crippen LogP contribution in [0.1, 0.15) is 45.1 Å². The zero-order valence-corrected chi connectivity index (χ0v) is 22.6. The third kappa shape index (κ3) is 3.52. The van der Waals surface area contributed by atoms with Crippen molar-refractivity contribution in [2.24, 2.45) is 17.8 Å². The van der Waals surface area contributed by atoms with E-state index in [2.05, 4.69) is 15.9 Å². The van der Waals surface area contributed by atoms with Crippen LogP contribution in [0, 0.1) is 17.8 Å². The maximum absolute atomic E-state index is 13.7. The Bertz CT molecular complexity index is 1350. The van der Waals surface area contributed by atoms with Gasteiger partial charge in [-0.2, -0.15) is 0 Å². The van der Waals surface area contributed by atoms with Crippen LogP contribution in [0.2, 0.25) is 5.02 Å². The van der Waals surface area contributed by atoms with Crippen molar-refractivity contribution >= 4 is 50.9 Å². The molecule has 1 aromatic rings. The number of rotatable bonds is 2. The number of allylic oxidation sites excluding steroid dienone is 6. The average Bonchev–Trinajstić information content (AvgIpc) is 3.08. The molecule has 1 heterocycles. The lowest BCUT2D eigenvalue weighted by Crippen LogP contribution is -2.46. The fourth-order valence-electron chi connectivity index (χ4n) is 6.16. The molecule has 0 bridgehead atoms. The Hall–Kier alpha value is -2.71. The fourth-order valence-corrected chi connectivity index (χ4v) is 6.83. The van der Waals surface area contributed by atoms with Gasteiger partial charge in [-0.15, -0.1) is 0 Å². The van der Waals surface area contributed by atoms with Gasteiger partial charge in [0.05, 0.1) is 28.5 Å². The van der Waals surface area contributed by atoms with Crippen molar-refractivity contribution < 1.29 is 29.0 Å². The summed E-state index contributed by atoms with van der Waals surface area (Å²) in [4.78, 5) is 54.9. The number of carbonyl (C=O) groups is 4. The number of benzene rings is 1. The molecule has 4 unspecified atom stereocenters. The summed E-state index contributed by atoms with van der Waals surface area (Å²) in [6.45, 7) is 5.48. The number of hydrogen-bond donors (Lipinski definition) is 1. The first-order valence-corrected chi connectivity index (χ1v) is 12.9. The molecule has 9 heteroatoms. The summed E-state index contributed by atoms with van der Waals surface area (Å²) in [5.41, 5.74) is 1.36. The van der Waals surface area contributed by atoms with Crippen molar-refractivity contribution in [2.45, 2.75) is 45.1 Å². The van der Waals surface area contributed by atoms with Gasteiger partial charge in [-0.25, -0.2) is 0 Å². The largest absolute Gasteiger partial charge is 0.503 e. The number of hydrogen-bond acceptors (Lipinski definition) is 6. The first-order chi connectivity index (χ1) is 16.9. The van der Waals surface area contributed by atoms with Gasteiger partial charge < -0.3 is 9.84 Å². The number of phenolic OH excluding ortho intramolecular Hbond substituents is 1. The highest BCUT2D eigenvalue weighted by Gasteiger charge is 2.58. The molecule has 1 saturated heterocycles. The first kappa shape index (κ1) is 25.0. The zero-order chi connectivity index (χ0) is 26.3. The van der Waals surface area contributed by atoms with E-state index in [1.165, 1.54) is 18.1 Å². The minimum atomic E-state index is -0.676. The summed E-state index contributed by atoms with van der Waals surface area (Å²) >= 11 is 9.53. The minimum absolute atomic E-state index is 0.0419. The van der Waals surface area contributed by atoms with Crippen LogP contribution in [0.3, 0.4) is 0 Å². The molecule has 1 fully saturated rings. The molecule has 4 atom stereocenters. The maximum atomic E-state index is 13.7. The molecule has 1 aromatic carbocycles. The maximum Gasteiger partial charge on any atom is 0.234 e. The van der Waals surface area contributed by atoms with Crippen LogP contribution in [0.25, 0.3) is 0 Å². The van der Waals surface area contributed by atoms with E-state index in [0.717, 1.165) is 5.57 Å². The quantitative estimate of drug-likeness (QED) is 0.314. The molecule has 0 saturated carbocycles. The van der Waals surface area contributed by atoms with Crippen LogP contribution in [0.4, 0.5) is 0 Å². The third-order valence-corrected chi connectivity index (χ3v) is 8.48. The minimum Gasteiger partial charge on any atom is -0.503 e. The zero-order valence-electron chi connectivity index (χ0n) is 20.2. The molecular formula is C27H25BrClNO6. The van der Waals surface area contributed by atoms with Gasteiger partial charge in [0.15, 0.2) is 23.1 Å². The van der Waals surface area contributed by atoms with Crippen molar-refractivity contribution in [1.29, 1.82) is 0 Å². The third-order valence-electron chi connectivity index (χ3n) is 7.61. The van der Waals surface area contributed by atoms with Crippen LogP contribution in [0.15, 0.2) is 45.5 Å². The number of ketones is 2. The number of aromatic hydroxyl groups is 1. The van der Waals surface area contributed by atoms with E-state index in [0.29, 0.717) is 23.1 Å². The molecule has 7 nitrogen and oxygen atoms in total. The number of carbonyl (C=O) groups excluding carboxylic acids is 4. The van der Waals surface area contributed by atoms with Gasteiger partial charge in [-0.05, 0) is 73.2 Å². The number of amides is 2. The topological polar surface area (TPSA) is 101 Å². The molecule has 36 heavy (non-hydrogen) atoms. The van der Waals surface area contributed by atoms with E-state index in [-0.39, 0.29) is 50.8 Å². The highest BCUT2D eigenvalue weighted by atomic mass is 79.9. The van der Waals surface area contributed by atoms with E-state index < -0.39 is 29.2 Å². The van der Waals surface area contributed by atoms with E-state index in [4.69, 9.17) is 16.3 Å². The number of nitrogens with zero attached hydrogens (tertiary/aromatic N) is 1. The van der Waals surface area contributed by atoms with Gasteiger partial charge in [-0.3, -0.25) is 24.1 Å². The van der Waals surface area contributed by atoms with Crippen molar-refractivity contribution in [3.8, 4) is 11.5 Å². The van der Waals surface area contributed by atoms with E-state index >= 15 is 0 Å². The number of Topliss-reactive ketones (excluding diaryl/α,β-unsaturated/α-hetero) is 1. The Morgan fingerprint density at radius 3 is 2.44 bits per heavy atom. The van der Waals surface area contributed by atoms with Crippen LogP contribution in [-0.4, -0.2) is 46.0 Å². The number of phenols is 1. The lowest BCUT2D eigenvalue weighted by molar-refractivity contribution is -0.145. The molecular weight excluding hydrogens is 550 g/mol. The predicted octanol–water partition coefficient (Wildman–Crippen LogP) is 4.61. The molecule has 188 valence electrons. The van der Waals surface area contributed by atoms with Gasteiger partial charge in [0.25, 0.3) is 0 Å². The highest BCUT2D eigenvalue weighted by Crippen LogP contribution is 2.56. The number of methoxy groups -OCH3 is 1. The second-order valence-corrected chi connectivity index (χ2v) is 11.9. The number of likely N-dealkylation sites (tertiary alicyclic amines) is 1. The monoisotopic (exact) mass is 573 g/mol. The number of halogens is 2. The summed E-state index contributed by atoms with van der Waals surface area (Å²) < 4.78 is 5.46. The molecule has 4 aliphatic rings. The molecule has 1 N–H and O–H groups in total. The van der Waals surface area contributed by atoms with Gasteiger partial charge >= 0.3 is 0 Å². The Balaban J connectivity index is 1.71. The second-order valence-electron chi connectivity index (χ2n) is 10.6. The molecule has 3 aliphatic carbocycles. The molecule has 0 aromatic heterocycles. The summed E-state index contributed by atoms with van der Waals surface area (Å²) in [6.07, 6.45) is 3.76. The summed E-state index contributed by atoms with van der Waals surface area (Å²) in [5, 5.41) is 10.3. The normalized spacial score (nSPS) is 28.0. The highest BCUT2D eigenvalue weighted by molar-refractivity contribution is 9.12. The van der Waals surface area contributed by atoms with Gasteiger partial charge in [-0.1, -0.05) is 23.3 Å². The smallest absolute Gasteiger partial charge is 0.234 e. The number of imide groups is 1. The average molecular weight is 575 g/mol. The number of fused-ring (bicyclic) bond motifs is 3. The van der Waals surface area contributed by atoms with Crippen LogP contribution in [0.5, 0.6) is 11.5 Å². The predicted molar refractivity (Wildman–Crippen MR) is 136 cm³/mol. The standard InChI is InChI=1S/C27H25BrClNO6/c1-27(2,3)30-25(34)13-6-5-12-14(21(13)26(30)35)9-15-22(18(31)10-16(28)23(15)32)20(12)11-7-17(29)24(33)19(8-11)36-4/h5,7-8,10,13-14,20-21,33H,6,9H2,1-4H3. The SMILES string of the molecule is COc1cc(C2C3=CCC4C(=O)N(C(C)(C)C)C(=O)C4C3CC3=C2C(=O)C=C(Br)C3=O)cc(Cl)c1O. The molecule has 2 amide bonds. The van der Waals surface area contributed by atoms with Gasteiger partial charge in [0, 0.05) is 28.7 Å². The van der Waals surface area contributed by atoms with Crippen molar-refractivity contribution in [1.82, 2.24) is 4.90 Å². The second kappa shape index (κ2) is 8.42. The number of ether oxygens (including phenoxy) is 1. The van der Waals surface area contributed by atoms with E-state index in [1.54, 1.807) is 12.1 Å². The molecule has 0 radical (unpaired) electrons. The lowest BCUT2D eigenvalue weighted by Gasteiger charge is -2.42. The molecule has 0 spiro atoms. The van der Waals surface area contributed by atoms with E-state index in [9.17, 15) is 24.3 Å².